The van der Waals surface area contributed by atoms with Crippen molar-refractivity contribution in [3.63, 3.8) is 0 Å². The van der Waals surface area contributed by atoms with Gasteiger partial charge in [-0.15, -0.1) is 0 Å². The zero-order chi connectivity index (χ0) is 17.2. The van der Waals surface area contributed by atoms with Crippen LogP contribution in [0.5, 0.6) is 0 Å². The minimum atomic E-state index is -0.481. The average Bonchev–Trinajstić information content (AvgIpc) is 2.60. The van der Waals surface area contributed by atoms with Crippen LogP contribution >= 0.6 is 15.9 Å². The molecule has 0 saturated carbocycles. The summed E-state index contributed by atoms with van der Waals surface area (Å²) in [5.41, 5.74) is 1.66. The number of hydrogen-bond acceptors (Lipinski definition) is 3. The summed E-state index contributed by atoms with van der Waals surface area (Å²) in [6.07, 6.45) is 0.377. The fourth-order valence-electron chi connectivity index (χ4n) is 1.99. The zero-order valence-corrected chi connectivity index (χ0v) is 14.7. The molecule has 0 heterocycles. The second-order valence-electron chi connectivity index (χ2n) is 5.12. The Hall–Kier alpha value is -2.34. The van der Waals surface area contributed by atoms with E-state index >= 15 is 0 Å². The van der Waals surface area contributed by atoms with E-state index in [1.54, 1.807) is 0 Å². The zero-order valence-electron chi connectivity index (χ0n) is 13.1. The van der Waals surface area contributed by atoms with Crippen molar-refractivity contribution in [2.24, 2.45) is 0 Å². The summed E-state index contributed by atoms with van der Waals surface area (Å²) >= 11 is 3.37. The summed E-state index contributed by atoms with van der Waals surface area (Å²) in [4.78, 5) is 23.4. The highest BCUT2D eigenvalue weighted by atomic mass is 79.9. The highest BCUT2D eigenvalue weighted by Gasteiger charge is 2.06. The fraction of sp³-hybridized carbons (Fsp3) is 0.222. The lowest BCUT2D eigenvalue weighted by atomic mass is 10.2. The molecule has 0 aliphatic rings. The SMILES string of the molecule is O=C(CCCNC(=O)OCc1ccccc1)Nc1ccccc1Br. The number of carbonyl (C=O) groups is 2. The third kappa shape index (κ3) is 6.42. The number of nitrogens with one attached hydrogen (secondary N) is 2. The third-order valence-electron chi connectivity index (χ3n) is 3.21. The fourth-order valence-corrected chi connectivity index (χ4v) is 2.37. The first-order valence-corrected chi connectivity index (χ1v) is 8.43. The summed E-state index contributed by atoms with van der Waals surface area (Å²) in [7, 11) is 0. The van der Waals surface area contributed by atoms with Crippen molar-refractivity contribution in [3.8, 4) is 0 Å². The number of alkyl carbamates (subject to hydrolysis) is 1. The maximum atomic E-state index is 11.8. The van der Waals surface area contributed by atoms with Gasteiger partial charge in [-0.3, -0.25) is 4.79 Å². The molecule has 24 heavy (non-hydrogen) atoms. The van der Waals surface area contributed by atoms with Crippen molar-refractivity contribution >= 4 is 33.6 Å². The Bertz CT molecular complexity index is 677. The highest BCUT2D eigenvalue weighted by molar-refractivity contribution is 9.10. The first-order valence-electron chi connectivity index (χ1n) is 7.64. The lowest BCUT2D eigenvalue weighted by Gasteiger charge is -2.08. The van der Waals surface area contributed by atoms with Gasteiger partial charge in [-0.1, -0.05) is 42.5 Å². The van der Waals surface area contributed by atoms with E-state index < -0.39 is 6.09 Å². The largest absolute Gasteiger partial charge is 0.445 e. The predicted octanol–water partition coefficient (Wildman–Crippen LogP) is 4.09. The molecule has 0 bridgehead atoms. The Morgan fingerprint density at radius 1 is 1.00 bits per heavy atom. The van der Waals surface area contributed by atoms with Gasteiger partial charge in [0, 0.05) is 17.4 Å². The normalized spacial score (nSPS) is 10.0. The Morgan fingerprint density at radius 3 is 2.46 bits per heavy atom. The molecule has 2 N–H and O–H groups in total. The number of anilines is 1. The molecule has 0 aliphatic carbocycles. The number of halogens is 1. The maximum Gasteiger partial charge on any atom is 0.407 e. The van der Waals surface area contributed by atoms with Gasteiger partial charge < -0.3 is 15.4 Å². The van der Waals surface area contributed by atoms with Gasteiger partial charge in [0.25, 0.3) is 0 Å². The van der Waals surface area contributed by atoms with Gasteiger partial charge in [-0.05, 0) is 40.0 Å². The number of benzene rings is 2. The molecule has 126 valence electrons. The van der Waals surface area contributed by atoms with Crippen molar-refractivity contribution < 1.29 is 14.3 Å². The van der Waals surface area contributed by atoms with Gasteiger partial charge in [0.05, 0.1) is 5.69 Å². The van der Waals surface area contributed by atoms with Crippen LogP contribution in [0.2, 0.25) is 0 Å². The molecule has 2 aromatic carbocycles. The van der Waals surface area contributed by atoms with Crippen LogP contribution in [0.4, 0.5) is 10.5 Å². The predicted molar refractivity (Wildman–Crippen MR) is 96.6 cm³/mol. The molecule has 6 heteroatoms. The summed E-state index contributed by atoms with van der Waals surface area (Å²) in [5.74, 6) is -0.0960. The van der Waals surface area contributed by atoms with E-state index in [4.69, 9.17) is 4.74 Å². The van der Waals surface area contributed by atoms with Gasteiger partial charge in [0.2, 0.25) is 5.91 Å². The van der Waals surface area contributed by atoms with Crippen LogP contribution in [-0.4, -0.2) is 18.5 Å². The number of para-hydroxylation sites is 1. The number of carbonyl (C=O) groups excluding carboxylic acids is 2. The summed E-state index contributed by atoms with van der Waals surface area (Å²) in [6.45, 7) is 0.617. The van der Waals surface area contributed by atoms with E-state index in [-0.39, 0.29) is 12.5 Å². The van der Waals surface area contributed by atoms with Gasteiger partial charge in [0.1, 0.15) is 6.61 Å². The number of amides is 2. The Kier molecular flexibility index (Phi) is 7.29. The molecule has 0 radical (unpaired) electrons. The maximum absolute atomic E-state index is 11.8. The van der Waals surface area contributed by atoms with Crippen molar-refractivity contribution in [1.82, 2.24) is 5.32 Å². The molecule has 5 nitrogen and oxygen atoms in total. The van der Waals surface area contributed by atoms with E-state index in [1.165, 1.54) is 0 Å². The van der Waals surface area contributed by atoms with Crippen LogP contribution in [0, 0.1) is 0 Å². The van der Waals surface area contributed by atoms with Crippen LogP contribution in [0.25, 0.3) is 0 Å². The third-order valence-corrected chi connectivity index (χ3v) is 3.90. The smallest absolute Gasteiger partial charge is 0.407 e. The molecule has 2 aromatic rings. The number of rotatable bonds is 7. The first-order chi connectivity index (χ1) is 11.6. The van der Waals surface area contributed by atoms with Crippen LogP contribution in [-0.2, 0) is 16.1 Å². The summed E-state index contributed by atoms with van der Waals surface area (Å²) in [5, 5.41) is 5.45. The van der Waals surface area contributed by atoms with Crippen LogP contribution in [0.15, 0.2) is 59.1 Å². The van der Waals surface area contributed by atoms with Gasteiger partial charge in [0.15, 0.2) is 0 Å². The minimum Gasteiger partial charge on any atom is -0.445 e. The van der Waals surface area contributed by atoms with E-state index in [9.17, 15) is 9.59 Å². The van der Waals surface area contributed by atoms with Crippen molar-refractivity contribution in [2.75, 3.05) is 11.9 Å². The Balaban J connectivity index is 1.59. The minimum absolute atomic E-state index is 0.0960. The van der Waals surface area contributed by atoms with Crippen molar-refractivity contribution in [2.45, 2.75) is 19.4 Å². The van der Waals surface area contributed by atoms with E-state index in [2.05, 4.69) is 26.6 Å². The van der Waals surface area contributed by atoms with Crippen molar-refractivity contribution in [1.29, 1.82) is 0 Å². The molecule has 2 amide bonds. The standard InChI is InChI=1S/C18H19BrN2O3/c19-15-9-4-5-10-16(15)21-17(22)11-6-12-20-18(23)24-13-14-7-2-1-3-8-14/h1-5,7-10H,6,11-13H2,(H,20,23)(H,21,22). The molecule has 0 saturated heterocycles. The van der Waals surface area contributed by atoms with Crippen LogP contribution < -0.4 is 10.6 Å². The molecule has 0 aromatic heterocycles. The van der Waals surface area contributed by atoms with E-state index in [1.807, 2.05) is 54.6 Å². The lowest BCUT2D eigenvalue weighted by Crippen LogP contribution is -2.26. The van der Waals surface area contributed by atoms with Gasteiger partial charge in [-0.25, -0.2) is 4.79 Å². The summed E-state index contributed by atoms with van der Waals surface area (Å²) in [6, 6.07) is 16.9. The average molecular weight is 391 g/mol. The second-order valence-corrected chi connectivity index (χ2v) is 5.97. The summed E-state index contributed by atoms with van der Waals surface area (Å²) < 4.78 is 5.92. The topological polar surface area (TPSA) is 67.4 Å². The van der Waals surface area contributed by atoms with Gasteiger partial charge >= 0.3 is 6.09 Å². The molecular formula is C18H19BrN2O3. The molecular weight excluding hydrogens is 372 g/mol. The molecule has 2 rings (SSSR count). The molecule has 0 aliphatic heterocycles. The number of hydrogen-bond donors (Lipinski definition) is 2. The second kappa shape index (κ2) is 9.72. The Morgan fingerprint density at radius 2 is 1.71 bits per heavy atom. The number of ether oxygens (including phenoxy) is 1. The lowest BCUT2D eigenvalue weighted by molar-refractivity contribution is -0.116. The molecule has 0 atom stereocenters. The Labute approximate surface area is 149 Å². The first kappa shape index (κ1) is 18.0. The molecule has 0 unspecified atom stereocenters. The van der Waals surface area contributed by atoms with Crippen LogP contribution in [0.1, 0.15) is 18.4 Å². The molecule has 0 spiro atoms. The monoisotopic (exact) mass is 390 g/mol. The van der Waals surface area contributed by atoms with Crippen molar-refractivity contribution in [3.05, 3.63) is 64.6 Å². The van der Waals surface area contributed by atoms with Gasteiger partial charge in [-0.2, -0.15) is 0 Å². The molecule has 0 fully saturated rings. The van der Waals surface area contributed by atoms with E-state index in [0.717, 1.165) is 15.7 Å². The quantitative estimate of drug-likeness (QED) is 0.699. The van der Waals surface area contributed by atoms with E-state index in [0.29, 0.717) is 19.4 Å². The highest BCUT2D eigenvalue weighted by Crippen LogP contribution is 2.21. The van der Waals surface area contributed by atoms with Crippen LogP contribution in [0.3, 0.4) is 0 Å².